The van der Waals surface area contributed by atoms with Crippen molar-refractivity contribution in [3.63, 3.8) is 0 Å². The first-order chi connectivity index (χ1) is 23.8. The summed E-state index contributed by atoms with van der Waals surface area (Å²) in [5, 5.41) is 0. The molecular formula is C48H68Cl2Si3Zr. The summed E-state index contributed by atoms with van der Waals surface area (Å²) in [7, 11) is -2.83. The monoisotopic (exact) mass is 888 g/mol. The van der Waals surface area contributed by atoms with Crippen LogP contribution in [0.3, 0.4) is 0 Å². The summed E-state index contributed by atoms with van der Waals surface area (Å²) in [6.07, 6.45) is 5.40. The van der Waals surface area contributed by atoms with Gasteiger partial charge in [-0.25, -0.2) is 0 Å². The molecule has 6 rings (SSSR count). The second kappa shape index (κ2) is 15.3. The first-order valence-electron chi connectivity index (χ1n) is 19.8. The Morgan fingerprint density at radius 2 is 0.833 bits per heavy atom. The third kappa shape index (κ3) is 9.11. The minimum absolute atomic E-state index is 0. The van der Waals surface area contributed by atoms with E-state index in [1.807, 2.05) is 0 Å². The maximum atomic E-state index is 2.85. The predicted octanol–water partition coefficient (Wildman–Crippen LogP) is 15.0. The molecule has 54 heavy (non-hydrogen) atoms. The summed E-state index contributed by atoms with van der Waals surface area (Å²) < 4.78 is 6.77. The van der Waals surface area contributed by atoms with E-state index in [2.05, 4.69) is 194 Å². The van der Waals surface area contributed by atoms with Gasteiger partial charge in [-0.2, -0.15) is 0 Å². The van der Waals surface area contributed by atoms with Gasteiger partial charge in [-0.3, -0.25) is 0 Å². The number of benzene rings is 4. The van der Waals surface area contributed by atoms with Crippen molar-refractivity contribution >= 4 is 60.0 Å². The SMILES string of the molecule is CC(C)(C)c1ccc(-c2cccc3c2C=C(C[Si](C)(C)C)[CH]3[Zr]([CH3])([CH3])(=[SiH2])[CH]2C(C[Si](C)(C)C)=Cc3c(-c4ccc(C(C)(C)C)cc4)cccc32)cc1.Cl.Cl. The molecule has 0 N–H and O–H groups in total. The molecule has 2 atom stereocenters. The fourth-order valence-electron chi connectivity index (χ4n) is 9.67. The molecule has 0 heterocycles. The van der Waals surface area contributed by atoms with Gasteiger partial charge in [0, 0.05) is 0 Å². The van der Waals surface area contributed by atoms with E-state index in [-0.39, 0.29) is 35.6 Å². The molecule has 6 heteroatoms. The van der Waals surface area contributed by atoms with Crippen LogP contribution in [0, 0.1) is 0 Å². The van der Waals surface area contributed by atoms with Crippen LogP contribution in [0.1, 0.15) is 82.2 Å². The molecular weight excluding hydrogens is 823 g/mol. The van der Waals surface area contributed by atoms with Crippen LogP contribution in [0.2, 0.25) is 60.6 Å². The molecule has 4 aromatic rings. The van der Waals surface area contributed by atoms with Crippen molar-refractivity contribution < 1.29 is 17.4 Å². The van der Waals surface area contributed by atoms with E-state index in [4.69, 9.17) is 0 Å². The van der Waals surface area contributed by atoms with Crippen molar-refractivity contribution in [3.8, 4) is 22.3 Å². The van der Waals surface area contributed by atoms with Gasteiger partial charge in [0.25, 0.3) is 0 Å². The van der Waals surface area contributed by atoms with Crippen LogP contribution in [0.5, 0.6) is 0 Å². The Bertz CT molecular complexity index is 1990. The Morgan fingerprint density at radius 3 is 1.11 bits per heavy atom. The van der Waals surface area contributed by atoms with Crippen molar-refractivity contribution in [1.82, 2.24) is 0 Å². The molecule has 0 saturated heterocycles. The largest absolute Gasteiger partial charge is 0.147 e. The molecule has 0 fully saturated rings. The molecule has 0 bridgehead atoms. The zero-order valence-corrected chi connectivity index (χ0v) is 43.3. The van der Waals surface area contributed by atoms with E-state index < -0.39 is 33.5 Å². The molecule has 0 spiro atoms. The van der Waals surface area contributed by atoms with Crippen molar-refractivity contribution in [2.45, 2.75) is 120 Å². The number of hydrogen-bond acceptors (Lipinski definition) is 0. The molecule has 290 valence electrons. The second-order valence-corrected chi connectivity index (χ2v) is 63.4. The first kappa shape index (κ1) is 45.2. The van der Waals surface area contributed by atoms with Crippen LogP contribution in [0.15, 0.2) is 96.1 Å². The average Bonchev–Trinajstić information content (AvgIpc) is 3.57. The third-order valence-corrected chi connectivity index (χ3v) is 32.2. The number of fused-ring (bicyclic) bond motifs is 2. The number of hydrogen-bond donors (Lipinski definition) is 0. The molecule has 4 aromatic carbocycles. The zero-order chi connectivity index (χ0) is 38.3. The van der Waals surface area contributed by atoms with E-state index in [0.29, 0.717) is 7.25 Å². The summed E-state index contributed by atoms with van der Waals surface area (Å²) in [4.78, 5) is 0. The molecule has 0 amide bonds. The Morgan fingerprint density at radius 1 is 0.519 bits per heavy atom. The van der Waals surface area contributed by atoms with E-state index in [1.54, 1.807) is 22.3 Å². The normalized spacial score (nSPS) is 17.5. The van der Waals surface area contributed by atoms with Gasteiger partial charge < -0.3 is 0 Å². The molecule has 0 saturated carbocycles. The van der Waals surface area contributed by atoms with Gasteiger partial charge in [0.15, 0.2) is 0 Å². The van der Waals surface area contributed by atoms with E-state index in [0.717, 1.165) is 0 Å². The van der Waals surface area contributed by atoms with Gasteiger partial charge in [-0.1, -0.05) is 0 Å². The van der Waals surface area contributed by atoms with Gasteiger partial charge >= 0.3 is 325 Å². The predicted molar refractivity (Wildman–Crippen MR) is 254 cm³/mol. The molecule has 0 radical (unpaired) electrons. The van der Waals surface area contributed by atoms with Crippen LogP contribution < -0.4 is 0 Å². The molecule has 0 aliphatic heterocycles. The fraction of sp³-hybridized carbons (Fsp3) is 0.417. The number of allylic oxidation sites excluding steroid dienone is 2. The van der Waals surface area contributed by atoms with Crippen molar-refractivity contribution in [2.75, 3.05) is 0 Å². The first-order valence-corrected chi connectivity index (χ1v) is 40.9. The van der Waals surface area contributed by atoms with Crippen LogP contribution in [0.25, 0.3) is 34.4 Å². The summed E-state index contributed by atoms with van der Waals surface area (Å²) in [5.74, 6) is 0. The number of halogens is 2. The molecule has 2 aliphatic rings. The topological polar surface area (TPSA) is 0 Å². The van der Waals surface area contributed by atoms with Gasteiger partial charge in [0.05, 0.1) is 0 Å². The Balaban J connectivity index is 0.00000325. The van der Waals surface area contributed by atoms with Crippen LogP contribution in [-0.2, 0) is 28.2 Å². The maximum Gasteiger partial charge on any atom is -0.147 e. The summed E-state index contributed by atoms with van der Waals surface area (Å²) >= 11 is -3.82. The van der Waals surface area contributed by atoms with Crippen LogP contribution in [-0.4, -0.2) is 23.0 Å². The summed E-state index contributed by atoms with van der Waals surface area (Å²) in [6.45, 7) is 31.8. The Hall–Kier alpha value is -1.53. The molecule has 2 aliphatic carbocycles. The Kier molecular flexibility index (Phi) is 12.8. The van der Waals surface area contributed by atoms with Gasteiger partial charge in [0.1, 0.15) is 0 Å². The zero-order valence-electron chi connectivity index (χ0n) is 35.8. The van der Waals surface area contributed by atoms with E-state index in [9.17, 15) is 0 Å². The maximum absolute atomic E-state index is 3.82. The third-order valence-electron chi connectivity index (χ3n) is 11.8. The summed E-state index contributed by atoms with van der Waals surface area (Å²) in [5.41, 5.74) is 18.3. The van der Waals surface area contributed by atoms with Crippen molar-refractivity contribution in [3.05, 3.63) is 129 Å². The molecule has 2 unspecified atom stereocenters. The Labute approximate surface area is 346 Å². The smallest absolute Gasteiger partial charge is 0.147 e. The quantitative estimate of drug-likeness (QED) is 0.155. The van der Waals surface area contributed by atoms with Crippen LogP contribution in [0.4, 0.5) is 0 Å². The standard InChI is InChI=1S/2C23H29Si.2CH3.2ClH.H2Si.Zr/c2*1-23(2,3)20-12-10-18(11-13-20)21-9-7-8-19-14-17(15-22(19)21)16-24(4,5)6;;;;;;/h2*7-15H,16H2,1-6H3;2*1H3;2*1H;1H2;. The van der Waals surface area contributed by atoms with Gasteiger partial charge in [0.2, 0.25) is 0 Å². The van der Waals surface area contributed by atoms with Crippen molar-refractivity contribution in [2.24, 2.45) is 0 Å². The molecule has 0 aromatic heterocycles. The van der Waals surface area contributed by atoms with Crippen LogP contribution >= 0.6 is 24.8 Å². The van der Waals surface area contributed by atoms with E-state index in [1.165, 1.54) is 56.6 Å². The summed E-state index contributed by atoms with van der Waals surface area (Å²) in [6, 6.07) is 36.1. The number of rotatable bonds is 8. The minimum atomic E-state index is -3.82. The molecule has 0 nitrogen and oxygen atoms in total. The minimum Gasteiger partial charge on any atom is -0.147 e. The fourth-order valence-corrected chi connectivity index (χ4v) is 33.4. The van der Waals surface area contributed by atoms with Gasteiger partial charge in [-0.15, -0.1) is 24.8 Å². The second-order valence-electron chi connectivity index (χ2n) is 22.0. The average molecular weight is 891 g/mol. The van der Waals surface area contributed by atoms with E-state index >= 15 is 0 Å². The van der Waals surface area contributed by atoms with Gasteiger partial charge in [-0.05, 0) is 0 Å². The van der Waals surface area contributed by atoms with Crippen molar-refractivity contribution in [1.29, 1.82) is 0 Å².